The Morgan fingerprint density at radius 3 is 2.48 bits per heavy atom. The standard InChI is InChI=1S/C28H39N3O2/c1-3-4-5-6-7-15-22-31-25-18-12-11-17-24(25)30-27(31)20-9-8-14-21-29-28(32)23-16-10-13-19-26(23)33-2/h10-13,16-19H,3-9,14-15,20-22H2,1-2H3,(H,29,32). The molecule has 0 radical (unpaired) electrons. The monoisotopic (exact) mass is 449 g/mol. The van der Waals surface area contributed by atoms with Crippen LogP contribution in [0, 0.1) is 0 Å². The van der Waals surface area contributed by atoms with Gasteiger partial charge in [0.1, 0.15) is 11.6 Å². The van der Waals surface area contributed by atoms with E-state index in [0.29, 0.717) is 17.9 Å². The highest BCUT2D eigenvalue weighted by Gasteiger charge is 2.12. The number of hydrogen-bond donors (Lipinski definition) is 1. The molecule has 0 aliphatic carbocycles. The maximum atomic E-state index is 12.4. The molecule has 0 saturated heterocycles. The Hall–Kier alpha value is -2.82. The van der Waals surface area contributed by atoms with Gasteiger partial charge in [-0.3, -0.25) is 4.79 Å². The van der Waals surface area contributed by atoms with Gasteiger partial charge in [-0.2, -0.15) is 0 Å². The lowest BCUT2D eigenvalue weighted by molar-refractivity contribution is 0.0950. The first-order valence-corrected chi connectivity index (χ1v) is 12.6. The van der Waals surface area contributed by atoms with Crippen molar-refractivity contribution in [3.63, 3.8) is 0 Å². The van der Waals surface area contributed by atoms with E-state index in [1.807, 2.05) is 18.2 Å². The number of aromatic nitrogens is 2. The summed E-state index contributed by atoms with van der Waals surface area (Å²) in [6.07, 6.45) is 11.9. The molecule has 1 amide bonds. The summed E-state index contributed by atoms with van der Waals surface area (Å²) in [5.41, 5.74) is 2.94. The SMILES string of the molecule is CCCCCCCCn1c(CCCCCNC(=O)c2ccccc2OC)nc2ccccc21. The fraction of sp³-hybridized carbons (Fsp3) is 0.500. The number of carbonyl (C=O) groups excluding carboxylic acids is 1. The van der Waals surface area contributed by atoms with E-state index < -0.39 is 0 Å². The van der Waals surface area contributed by atoms with Gasteiger partial charge in [-0.1, -0.05) is 69.7 Å². The minimum atomic E-state index is -0.0758. The van der Waals surface area contributed by atoms with Crippen molar-refractivity contribution >= 4 is 16.9 Å². The van der Waals surface area contributed by atoms with Crippen LogP contribution in [0.1, 0.15) is 80.9 Å². The van der Waals surface area contributed by atoms with E-state index >= 15 is 0 Å². The van der Waals surface area contributed by atoms with Crippen LogP contribution in [0.2, 0.25) is 0 Å². The topological polar surface area (TPSA) is 56.2 Å². The summed E-state index contributed by atoms with van der Waals surface area (Å²) >= 11 is 0. The highest BCUT2D eigenvalue weighted by atomic mass is 16.5. The van der Waals surface area contributed by atoms with Gasteiger partial charge in [0, 0.05) is 19.5 Å². The molecule has 1 aromatic heterocycles. The largest absolute Gasteiger partial charge is 0.496 e. The number of carbonyl (C=O) groups is 1. The van der Waals surface area contributed by atoms with E-state index in [0.717, 1.165) is 37.7 Å². The number of para-hydroxylation sites is 3. The fourth-order valence-electron chi connectivity index (χ4n) is 4.33. The van der Waals surface area contributed by atoms with Crippen LogP contribution in [0.25, 0.3) is 11.0 Å². The van der Waals surface area contributed by atoms with Gasteiger partial charge in [0.15, 0.2) is 0 Å². The number of methoxy groups -OCH3 is 1. The Labute approximate surface area is 198 Å². The number of fused-ring (bicyclic) bond motifs is 1. The number of aryl methyl sites for hydroxylation is 2. The second-order valence-electron chi connectivity index (χ2n) is 8.70. The quantitative estimate of drug-likeness (QED) is 0.268. The Kier molecular flexibility index (Phi) is 10.3. The predicted octanol–water partition coefficient (Wildman–Crippen LogP) is 6.55. The van der Waals surface area contributed by atoms with Crippen molar-refractivity contribution in [1.82, 2.24) is 14.9 Å². The van der Waals surface area contributed by atoms with Gasteiger partial charge >= 0.3 is 0 Å². The Balaban J connectivity index is 1.44. The van der Waals surface area contributed by atoms with Gasteiger partial charge in [0.25, 0.3) is 5.91 Å². The van der Waals surface area contributed by atoms with Gasteiger partial charge in [-0.15, -0.1) is 0 Å². The number of amides is 1. The first kappa shape index (κ1) is 24.8. The second kappa shape index (κ2) is 13.7. The zero-order chi connectivity index (χ0) is 23.3. The van der Waals surface area contributed by atoms with Crippen LogP contribution in [-0.2, 0) is 13.0 Å². The summed E-state index contributed by atoms with van der Waals surface area (Å²) in [4.78, 5) is 17.3. The summed E-state index contributed by atoms with van der Waals surface area (Å²) < 4.78 is 7.71. The molecule has 0 unspecified atom stereocenters. The molecule has 1 N–H and O–H groups in total. The van der Waals surface area contributed by atoms with Crippen molar-refractivity contribution in [1.29, 1.82) is 0 Å². The molecule has 0 atom stereocenters. The molecule has 0 aliphatic rings. The third-order valence-corrected chi connectivity index (χ3v) is 6.18. The van der Waals surface area contributed by atoms with Gasteiger partial charge in [0.05, 0.1) is 23.7 Å². The lowest BCUT2D eigenvalue weighted by Crippen LogP contribution is -2.24. The lowest BCUT2D eigenvalue weighted by Gasteiger charge is -2.10. The highest BCUT2D eigenvalue weighted by Crippen LogP contribution is 2.20. The van der Waals surface area contributed by atoms with Crippen molar-refractivity contribution in [3.8, 4) is 5.75 Å². The first-order valence-electron chi connectivity index (χ1n) is 12.6. The summed E-state index contributed by atoms with van der Waals surface area (Å²) in [5, 5.41) is 3.01. The molecule has 33 heavy (non-hydrogen) atoms. The number of benzene rings is 2. The van der Waals surface area contributed by atoms with Crippen LogP contribution in [0.5, 0.6) is 5.75 Å². The third kappa shape index (κ3) is 7.34. The molecule has 0 saturated carbocycles. The van der Waals surface area contributed by atoms with Crippen LogP contribution in [0.15, 0.2) is 48.5 Å². The van der Waals surface area contributed by atoms with Crippen LogP contribution < -0.4 is 10.1 Å². The number of hydrogen-bond acceptors (Lipinski definition) is 3. The predicted molar refractivity (Wildman–Crippen MR) is 136 cm³/mol. The van der Waals surface area contributed by atoms with Crippen LogP contribution in [-0.4, -0.2) is 29.1 Å². The van der Waals surface area contributed by atoms with Gasteiger partial charge < -0.3 is 14.6 Å². The van der Waals surface area contributed by atoms with Crippen molar-refractivity contribution in [2.45, 2.75) is 77.7 Å². The van der Waals surface area contributed by atoms with Gasteiger partial charge in [-0.05, 0) is 43.5 Å². The van der Waals surface area contributed by atoms with E-state index in [1.54, 1.807) is 13.2 Å². The van der Waals surface area contributed by atoms with Crippen LogP contribution in [0.3, 0.4) is 0 Å². The normalized spacial score (nSPS) is 11.1. The number of nitrogens with zero attached hydrogens (tertiary/aromatic N) is 2. The van der Waals surface area contributed by atoms with E-state index in [1.165, 1.54) is 49.9 Å². The van der Waals surface area contributed by atoms with Crippen LogP contribution >= 0.6 is 0 Å². The van der Waals surface area contributed by atoms with Crippen molar-refractivity contribution in [2.75, 3.05) is 13.7 Å². The molecule has 3 aromatic rings. The smallest absolute Gasteiger partial charge is 0.255 e. The molecular weight excluding hydrogens is 410 g/mol. The molecule has 2 aromatic carbocycles. The van der Waals surface area contributed by atoms with E-state index in [2.05, 4.69) is 41.1 Å². The number of unbranched alkanes of at least 4 members (excludes halogenated alkanes) is 7. The summed E-state index contributed by atoms with van der Waals surface area (Å²) in [7, 11) is 1.59. The molecule has 0 aliphatic heterocycles. The lowest BCUT2D eigenvalue weighted by atomic mass is 10.1. The zero-order valence-electron chi connectivity index (χ0n) is 20.3. The molecule has 178 valence electrons. The number of ether oxygens (including phenoxy) is 1. The molecule has 3 rings (SSSR count). The first-order chi connectivity index (χ1) is 16.2. The summed E-state index contributed by atoms with van der Waals surface area (Å²) in [6, 6.07) is 15.8. The Morgan fingerprint density at radius 1 is 0.909 bits per heavy atom. The number of rotatable bonds is 15. The van der Waals surface area contributed by atoms with Crippen molar-refractivity contribution < 1.29 is 9.53 Å². The molecule has 5 heteroatoms. The zero-order valence-corrected chi connectivity index (χ0v) is 20.3. The maximum absolute atomic E-state index is 12.4. The number of nitrogens with one attached hydrogen (secondary N) is 1. The Morgan fingerprint density at radius 2 is 1.64 bits per heavy atom. The second-order valence-corrected chi connectivity index (χ2v) is 8.70. The van der Waals surface area contributed by atoms with E-state index in [4.69, 9.17) is 9.72 Å². The molecule has 0 spiro atoms. The molecular formula is C28H39N3O2. The summed E-state index contributed by atoms with van der Waals surface area (Å²) in [6.45, 7) is 3.99. The highest BCUT2D eigenvalue weighted by molar-refractivity contribution is 5.96. The van der Waals surface area contributed by atoms with Crippen molar-refractivity contribution in [3.05, 3.63) is 59.9 Å². The minimum absolute atomic E-state index is 0.0758. The fourth-order valence-corrected chi connectivity index (χ4v) is 4.33. The van der Waals surface area contributed by atoms with Crippen LogP contribution in [0.4, 0.5) is 0 Å². The van der Waals surface area contributed by atoms with E-state index in [9.17, 15) is 4.79 Å². The average Bonchev–Trinajstić information content (AvgIpc) is 3.20. The maximum Gasteiger partial charge on any atom is 0.255 e. The van der Waals surface area contributed by atoms with Gasteiger partial charge in [0.2, 0.25) is 0 Å². The summed E-state index contributed by atoms with van der Waals surface area (Å²) in [5.74, 6) is 1.73. The van der Waals surface area contributed by atoms with E-state index in [-0.39, 0.29) is 5.91 Å². The average molecular weight is 450 g/mol. The third-order valence-electron chi connectivity index (χ3n) is 6.18. The van der Waals surface area contributed by atoms with Crippen molar-refractivity contribution in [2.24, 2.45) is 0 Å². The number of imidazole rings is 1. The molecule has 0 fully saturated rings. The van der Waals surface area contributed by atoms with Gasteiger partial charge in [-0.25, -0.2) is 4.98 Å². The minimum Gasteiger partial charge on any atom is -0.496 e. The Bertz CT molecular complexity index is 996. The molecule has 5 nitrogen and oxygen atoms in total. The molecule has 1 heterocycles. The molecule has 0 bridgehead atoms.